The van der Waals surface area contributed by atoms with Crippen LogP contribution in [0.3, 0.4) is 0 Å². The summed E-state index contributed by atoms with van der Waals surface area (Å²) in [6, 6.07) is 48.2. The normalized spacial score (nSPS) is 12.4. The molecule has 9 aromatic rings. The zero-order valence-corrected chi connectivity index (χ0v) is 26.2. The van der Waals surface area contributed by atoms with E-state index in [-0.39, 0.29) is 0 Å². The molecule has 0 aliphatic rings. The molecule has 0 bridgehead atoms. The Hall–Kier alpha value is -5.14. The molecule has 2 aromatic heterocycles. The van der Waals surface area contributed by atoms with Crippen molar-refractivity contribution in [3.63, 3.8) is 0 Å². The third kappa shape index (κ3) is 4.00. The second-order valence-electron chi connectivity index (χ2n) is 13.5. The summed E-state index contributed by atoms with van der Waals surface area (Å²) in [7, 11) is 0. The van der Waals surface area contributed by atoms with Crippen LogP contribution in [0.15, 0.2) is 127 Å². The number of aromatic nitrogens is 1. The number of rotatable bonds is 4. The molecular formula is C44H35N. The van der Waals surface area contributed by atoms with Gasteiger partial charge < -0.3 is 4.40 Å². The zero-order chi connectivity index (χ0) is 30.4. The van der Waals surface area contributed by atoms with Crippen molar-refractivity contribution in [1.82, 2.24) is 4.40 Å². The first-order valence-electron chi connectivity index (χ1n) is 16.2. The predicted molar refractivity (Wildman–Crippen MR) is 195 cm³/mol. The van der Waals surface area contributed by atoms with Gasteiger partial charge in [0, 0.05) is 21.5 Å². The Balaban J connectivity index is 1.40. The minimum absolute atomic E-state index is 0.497. The van der Waals surface area contributed by atoms with Crippen molar-refractivity contribution in [3.05, 3.63) is 139 Å². The highest BCUT2D eigenvalue weighted by Gasteiger charge is 2.20. The van der Waals surface area contributed by atoms with Gasteiger partial charge in [-0.25, -0.2) is 0 Å². The summed E-state index contributed by atoms with van der Waals surface area (Å²) in [5, 5.41) is 10.5. The third-order valence-corrected chi connectivity index (χ3v) is 9.99. The van der Waals surface area contributed by atoms with Crippen molar-refractivity contribution < 1.29 is 0 Å². The average Bonchev–Trinajstić information content (AvgIpc) is 3.56. The van der Waals surface area contributed by atoms with Gasteiger partial charge >= 0.3 is 0 Å². The lowest BCUT2D eigenvalue weighted by Gasteiger charge is -2.10. The molecule has 0 N–H and O–H groups in total. The molecule has 0 atom stereocenters. The van der Waals surface area contributed by atoms with E-state index in [9.17, 15) is 0 Å². The maximum atomic E-state index is 2.53. The van der Waals surface area contributed by atoms with E-state index >= 15 is 0 Å². The van der Waals surface area contributed by atoms with Crippen LogP contribution in [-0.2, 0) is 0 Å². The predicted octanol–water partition coefficient (Wildman–Crippen LogP) is 12.7. The highest BCUT2D eigenvalue weighted by molar-refractivity contribution is 6.27. The van der Waals surface area contributed by atoms with Gasteiger partial charge in [0.2, 0.25) is 0 Å². The van der Waals surface area contributed by atoms with Gasteiger partial charge in [0.05, 0.1) is 16.6 Å². The Labute approximate surface area is 263 Å². The highest BCUT2D eigenvalue weighted by atomic mass is 14.9. The molecule has 0 spiro atoms. The molecule has 0 amide bonds. The molecule has 45 heavy (non-hydrogen) atoms. The van der Waals surface area contributed by atoms with Crippen LogP contribution in [0.4, 0.5) is 0 Å². The van der Waals surface area contributed by atoms with Crippen LogP contribution >= 0.6 is 0 Å². The standard InChI is InChI=1S/C44H35N/c1-26(2)29-13-15-33-24-42-38(20-35(33)17-29)40-22-37(32-12-8-11-31(19-32)28-9-6-5-7-10-28)23-41-39-21-36-18-30(27(3)4)14-16-34(36)25-43(39)45(42)44(40)41/h5-27H,1-4H3. The fourth-order valence-corrected chi connectivity index (χ4v) is 7.46. The van der Waals surface area contributed by atoms with E-state index in [1.165, 1.54) is 93.0 Å². The lowest BCUT2D eigenvalue weighted by atomic mass is 9.94. The van der Waals surface area contributed by atoms with Gasteiger partial charge in [-0.3, -0.25) is 0 Å². The van der Waals surface area contributed by atoms with E-state index in [0.717, 1.165) is 0 Å². The largest absolute Gasteiger partial charge is 0.308 e. The van der Waals surface area contributed by atoms with E-state index < -0.39 is 0 Å². The SMILES string of the molecule is CC(C)c1ccc2cc3c(cc2c1)c1cc(-c2cccc(-c4ccccc4)c2)cc2c4cc5cc(C(C)C)ccc5cc4n3c12. The highest BCUT2D eigenvalue weighted by Crippen LogP contribution is 2.44. The maximum Gasteiger partial charge on any atom is 0.0620 e. The molecule has 7 aromatic carbocycles. The lowest BCUT2D eigenvalue weighted by molar-refractivity contribution is 0.869. The van der Waals surface area contributed by atoms with E-state index in [1.54, 1.807) is 0 Å². The molecule has 0 aliphatic heterocycles. The topological polar surface area (TPSA) is 4.41 Å². The van der Waals surface area contributed by atoms with Crippen LogP contribution < -0.4 is 0 Å². The summed E-state index contributed by atoms with van der Waals surface area (Å²) >= 11 is 0. The molecular weight excluding hydrogens is 542 g/mol. The first-order valence-corrected chi connectivity index (χ1v) is 16.2. The van der Waals surface area contributed by atoms with E-state index in [0.29, 0.717) is 11.8 Å². The molecule has 0 fully saturated rings. The molecule has 2 heterocycles. The quantitative estimate of drug-likeness (QED) is 0.196. The molecule has 1 heteroatoms. The summed E-state index contributed by atoms with van der Waals surface area (Å²) < 4.78 is 2.53. The van der Waals surface area contributed by atoms with Gasteiger partial charge in [-0.05, 0) is 109 Å². The first-order chi connectivity index (χ1) is 21.9. The first kappa shape index (κ1) is 26.3. The smallest absolute Gasteiger partial charge is 0.0620 e. The van der Waals surface area contributed by atoms with Gasteiger partial charge in [0.15, 0.2) is 0 Å². The van der Waals surface area contributed by atoms with Crippen molar-refractivity contribution in [2.24, 2.45) is 0 Å². The molecule has 0 radical (unpaired) electrons. The summed E-state index contributed by atoms with van der Waals surface area (Å²) in [4.78, 5) is 0. The van der Waals surface area contributed by atoms with Crippen LogP contribution in [-0.4, -0.2) is 4.40 Å². The fraction of sp³-hybridized carbons (Fsp3) is 0.136. The van der Waals surface area contributed by atoms with Crippen molar-refractivity contribution in [2.45, 2.75) is 39.5 Å². The Morgan fingerprint density at radius 3 is 1.42 bits per heavy atom. The van der Waals surface area contributed by atoms with Crippen molar-refractivity contribution >= 4 is 59.6 Å². The zero-order valence-electron chi connectivity index (χ0n) is 26.2. The molecule has 0 saturated carbocycles. The van der Waals surface area contributed by atoms with Gasteiger partial charge in [-0.15, -0.1) is 0 Å². The van der Waals surface area contributed by atoms with Crippen LogP contribution in [0.5, 0.6) is 0 Å². The maximum absolute atomic E-state index is 2.53. The summed E-state index contributed by atoms with van der Waals surface area (Å²) in [5.74, 6) is 0.994. The van der Waals surface area contributed by atoms with E-state index in [2.05, 4.69) is 159 Å². The summed E-state index contributed by atoms with van der Waals surface area (Å²) in [5.41, 5.74) is 11.6. The number of hydrogen-bond acceptors (Lipinski definition) is 0. The molecule has 9 rings (SSSR count). The molecule has 1 nitrogen and oxygen atoms in total. The fourth-order valence-electron chi connectivity index (χ4n) is 7.46. The number of hydrogen-bond donors (Lipinski definition) is 0. The summed E-state index contributed by atoms with van der Waals surface area (Å²) in [6.07, 6.45) is 0. The van der Waals surface area contributed by atoms with Crippen LogP contribution in [0.2, 0.25) is 0 Å². The van der Waals surface area contributed by atoms with Crippen LogP contribution in [0, 0.1) is 0 Å². The second kappa shape index (κ2) is 9.68. The van der Waals surface area contributed by atoms with Crippen molar-refractivity contribution in [1.29, 1.82) is 0 Å². The third-order valence-electron chi connectivity index (χ3n) is 9.99. The number of fused-ring (bicyclic) bond motifs is 8. The molecule has 216 valence electrons. The van der Waals surface area contributed by atoms with Crippen molar-refractivity contribution in [2.75, 3.05) is 0 Å². The average molecular weight is 578 g/mol. The second-order valence-corrected chi connectivity index (χ2v) is 13.5. The van der Waals surface area contributed by atoms with Gasteiger partial charge in [-0.1, -0.05) is 113 Å². The minimum atomic E-state index is 0.497. The number of nitrogens with zero attached hydrogens (tertiary/aromatic N) is 1. The molecule has 0 saturated heterocycles. The Bertz CT molecular complexity index is 2450. The van der Waals surface area contributed by atoms with E-state index in [1.807, 2.05) is 0 Å². The van der Waals surface area contributed by atoms with Gasteiger partial charge in [-0.2, -0.15) is 0 Å². The van der Waals surface area contributed by atoms with Crippen molar-refractivity contribution in [3.8, 4) is 22.3 Å². The minimum Gasteiger partial charge on any atom is -0.308 e. The monoisotopic (exact) mass is 577 g/mol. The summed E-state index contributed by atoms with van der Waals surface area (Å²) in [6.45, 7) is 9.10. The van der Waals surface area contributed by atoms with Crippen LogP contribution in [0.25, 0.3) is 81.9 Å². The van der Waals surface area contributed by atoms with Gasteiger partial charge in [0.1, 0.15) is 0 Å². The number of benzene rings is 7. The Morgan fingerprint density at radius 2 is 0.889 bits per heavy atom. The Kier molecular flexibility index (Phi) is 5.65. The van der Waals surface area contributed by atoms with E-state index in [4.69, 9.17) is 0 Å². The Morgan fingerprint density at radius 1 is 0.378 bits per heavy atom. The lowest BCUT2D eigenvalue weighted by Crippen LogP contribution is -1.88. The molecule has 0 unspecified atom stereocenters. The molecule has 0 aliphatic carbocycles. The van der Waals surface area contributed by atoms with Crippen LogP contribution in [0.1, 0.15) is 50.7 Å². The van der Waals surface area contributed by atoms with Gasteiger partial charge in [0.25, 0.3) is 0 Å².